The molecule has 11 heteroatoms. The summed E-state index contributed by atoms with van der Waals surface area (Å²) in [7, 11) is 8.27. The average Bonchev–Trinajstić information content (AvgIpc) is 3.08. The van der Waals surface area contributed by atoms with Crippen LogP contribution < -0.4 is 0 Å². The van der Waals surface area contributed by atoms with Crippen LogP contribution in [0, 0.1) is 5.92 Å². The van der Waals surface area contributed by atoms with Crippen LogP contribution in [0.3, 0.4) is 0 Å². The summed E-state index contributed by atoms with van der Waals surface area (Å²) in [5, 5.41) is 9.84. The molecule has 0 aromatic rings. The number of methoxy groups -OCH3 is 2. The van der Waals surface area contributed by atoms with Crippen LogP contribution >= 0.6 is 10.7 Å². The lowest BCUT2D eigenvalue weighted by Crippen LogP contribution is -2.52. The lowest BCUT2D eigenvalue weighted by molar-refractivity contribution is -0.155. The zero-order valence-electron chi connectivity index (χ0n) is 19.4. The number of hydrogen-bond donors (Lipinski definition) is 1. The third kappa shape index (κ3) is 6.66. The molecule has 4 aliphatic heterocycles. The fourth-order valence-corrected chi connectivity index (χ4v) is 5.30. The quantitative estimate of drug-likeness (QED) is 0.445. The van der Waals surface area contributed by atoms with Crippen LogP contribution in [-0.2, 0) is 28.1 Å². The van der Waals surface area contributed by atoms with Gasteiger partial charge in [-0.15, -0.1) is 0 Å². The van der Waals surface area contributed by atoms with Gasteiger partial charge >= 0.3 is 11.9 Å². The van der Waals surface area contributed by atoms with E-state index < -0.39 is 15.2 Å². The normalized spacial score (nSPS) is 33.8. The number of halogens is 1. The van der Waals surface area contributed by atoms with Gasteiger partial charge in [0.25, 0.3) is 0 Å². The first kappa shape index (κ1) is 27.0. The minimum atomic E-state index is -3.19. The number of esters is 2. The molecule has 0 aromatic carbocycles. The standard InChI is InChI=1S/C10H17NO3.C10H15NO2.CH3ClO2S/c1-11-6-3-4-7(11)9(8(12)5-6)10(13)14-2;1-11-7-3-5-8(10(12)13-2)9(11)6-4-7;1-5(2,3)4/h6-9,12H,3-5H2,1-2H3;5,7,9H,3-4,6H2,1-2H3;1H3/t6-,7?,8?,9?;7-,9?;/m10./s1. The Kier molecular flexibility index (Phi) is 9.54. The molecule has 0 amide bonds. The lowest BCUT2D eigenvalue weighted by atomic mass is 9.88. The van der Waals surface area contributed by atoms with Crippen molar-refractivity contribution in [2.75, 3.05) is 34.6 Å². The lowest BCUT2D eigenvalue weighted by Gasteiger charge is -2.39. The van der Waals surface area contributed by atoms with Gasteiger partial charge in [-0.05, 0) is 52.6 Å². The van der Waals surface area contributed by atoms with Crippen LogP contribution in [0.1, 0.15) is 38.5 Å². The zero-order valence-corrected chi connectivity index (χ0v) is 20.9. The summed E-state index contributed by atoms with van der Waals surface area (Å²) in [5.74, 6) is -0.768. The van der Waals surface area contributed by atoms with Crippen molar-refractivity contribution in [3.63, 3.8) is 0 Å². The van der Waals surface area contributed by atoms with E-state index in [9.17, 15) is 23.1 Å². The van der Waals surface area contributed by atoms with E-state index in [0.29, 0.717) is 24.5 Å². The molecule has 4 unspecified atom stereocenters. The summed E-state index contributed by atoms with van der Waals surface area (Å²) in [4.78, 5) is 27.4. The first-order chi connectivity index (χ1) is 14.9. The van der Waals surface area contributed by atoms with Crippen molar-refractivity contribution in [3.8, 4) is 0 Å². The molecule has 32 heavy (non-hydrogen) atoms. The van der Waals surface area contributed by atoms with Gasteiger partial charge in [0, 0.05) is 34.8 Å². The number of likely N-dealkylation sites (N-methyl/N-ethyl adjacent to an activating group) is 1. The molecule has 4 heterocycles. The van der Waals surface area contributed by atoms with E-state index >= 15 is 0 Å². The van der Waals surface area contributed by atoms with E-state index in [1.807, 2.05) is 13.1 Å². The summed E-state index contributed by atoms with van der Waals surface area (Å²) in [6.45, 7) is 0. The monoisotopic (exact) mass is 494 g/mol. The molecule has 4 rings (SSSR count). The van der Waals surface area contributed by atoms with Crippen molar-refractivity contribution >= 4 is 31.7 Å². The van der Waals surface area contributed by atoms with Crippen molar-refractivity contribution in [3.05, 3.63) is 11.6 Å². The summed E-state index contributed by atoms with van der Waals surface area (Å²) >= 11 is 0. The Morgan fingerprint density at radius 2 is 1.66 bits per heavy atom. The number of carbonyl (C=O) groups excluding carboxylic acids is 2. The Bertz CT molecular complexity index is 811. The molecule has 0 saturated carbocycles. The number of rotatable bonds is 2. The third-order valence-corrected chi connectivity index (χ3v) is 6.94. The summed E-state index contributed by atoms with van der Waals surface area (Å²) in [6, 6.07) is 1.59. The summed E-state index contributed by atoms with van der Waals surface area (Å²) in [5.41, 5.74) is 0.860. The van der Waals surface area contributed by atoms with Crippen molar-refractivity contribution in [2.45, 2.75) is 68.8 Å². The summed E-state index contributed by atoms with van der Waals surface area (Å²) < 4.78 is 28.3. The van der Waals surface area contributed by atoms with E-state index in [4.69, 9.17) is 9.47 Å². The Hall–Kier alpha value is -1.20. The maximum atomic E-state index is 11.5. The second-order valence-corrected chi connectivity index (χ2v) is 11.8. The molecule has 3 fully saturated rings. The molecule has 0 aromatic heterocycles. The van der Waals surface area contributed by atoms with Gasteiger partial charge in [0.15, 0.2) is 0 Å². The number of ether oxygens (including phenoxy) is 2. The van der Waals surface area contributed by atoms with Gasteiger partial charge in [-0.2, -0.15) is 0 Å². The van der Waals surface area contributed by atoms with Crippen LogP contribution in [0.15, 0.2) is 11.6 Å². The number of nitrogens with zero attached hydrogens (tertiary/aromatic N) is 2. The second-order valence-electron chi connectivity index (χ2n) is 8.80. The molecular weight excluding hydrogens is 460 g/mol. The minimum Gasteiger partial charge on any atom is -0.469 e. The Labute approximate surface area is 195 Å². The molecule has 4 aliphatic rings. The number of carbonyl (C=O) groups is 2. The van der Waals surface area contributed by atoms with Gasteiger partial charge in [-0.25, -0.2) is 13.2 Å². The smallest absolute Gasteiger partial charge is 0.335 e. The number of piperidine rings is 1. The molecule has 3 saturated heterocycles. The first-order valence-electron chi connectivity index (χ1n) is 10.8. The van der Waals surface area contributed by atoms with Crippen LogP contribution in [0.5, 0.6) is 0 Å². The highest BCUT2D eigenvalue weighted by Gasteiger charge is 2.48. The number of fused-ring (bicyclic) bond motifs is 4. The molecule has 9 nitrogen and oxygen atoms in total. The van der Waals surface area contributed by atoms with E-state index in [1.165, 1.54) is 20.6 Å². The van der Waals surface area contributed by atoms with Gasteiger partial charge in [-0.1, -0.05) is 6.08 Å². The van der Waals surface area contributed by atoms with Gasteiger partial charge in [0.2, 0.25) is 9.05 Å². The average molecular weight is 495 g/mol. The van der Waals surface area contributed by atoms with E-state index in [2.05, 4.69) is 27.5 Å². The van der Waals surface area contributed by atoms with Crippen LogP contribution in [0.2, 0.25) is 0 Å². The van der Waals surface area contributed by atoms with E-state index in [-0.39, 0.29) is 23.9 Å². The Morgan fingerprint density at radius 3 is 2.22 bits per heavy atom. The highest BCUT2D eigenvalue weighted by molar-refractivity contribution is 8.13. The molecule has 0 spiro atoms. The van der Waals surface area contributed by atoms with Gasteiger partial charge in [-0.3, -0.25) is 14.6 Å². The highest BCUT2D eigenvalue weighted by atomic mass is 35.7. The fraction of sp³-hybridized carbons (Fsp3) is 0.810. The minimum absolute atomic E-state index is 0.155. The van der Waals surface area contributed by atoms with Crippen molar-refractivity contribution in [2.24, 2.45) is 5.92 Å². The first-order valence-corrected chi connectivity index (χ1v) is 13.5. The van der Waals surface area contributed by atoms with Gasteiger partial charge < -0.3 is 14.6 Å². The molecule has 184 valence electrons. The molecular formula is C21H35ClN2O7S. The van der Waals surface area contributed by atoms with Crippen molar-refractivity contribution in [1.29, 1.82) is 0 Å². The van der Waals surface area contributed by atoms with Gasteiger partial charge in [0.1, 0.15) is 0 Å². The predicted molar refractivity (Wildman–Crippen MR) is 121 cm³/mol. The SMILES string of the molecule is COC(=O)C1=CC[C@H]2CCC1N2C.COC(=O)C1C(O)C[C@H]2CCC1N2C.CS(=O)(=O)Cl. The molecule has 0 aliphatic carbocycles. The van der Waals surface area contributed by atoms with Gasteiger partial charge in [0.05, 0.1) is 38.1 Å². The Balaban J connectivity index is 0.000000189. The topological polar surface area (TPSA) is 113 Å². The van der Waals surface area contributed by atoms with Crippen molar-refractivity contribution in [1.82, 2.24) is 9.80 Å². The molecule has 4 bridgehead atoms. The predicted octanol–water partition coefficient (Wildman–Crippen LogP) is 1.14. The number of aliphatic hydroxyl groups is 1. The summed E-state index contributed by atoms with van der Waals surface area (Å²) in [6.07, 6.45) is 8.55. The molecule has 0 radical (unpaired) electrons. The number of hydrogen-bond acceptors (Lipinski definition) is 9. The number of aliphatic hydroxyl groups excluding tert-OH is 1. The van der Waals surface area contributed by atoms with Crippen LogP contribution in [0.25, 0.3) is 0 Å². The fourth-order valence-electron chi connectivity index (χ4n) is 5.30. The van der Waals surface area contributed by atoms with E-state index in [1.54, 1.807) is 0 Å². The van der Waals surface area contributed by atoms with Crippen molar-refractivity contribution < 1.29 is 32.6 Å². The zero-order chi connectivity index (χ0) is 24.2. The maximum Gasteiger partial charge on any atom is 0.335 e. The van der Waals surface area contributed by atoms with Crippen LogP contribution in [-0.4, -0.2) is 100 Å². The second kappa shape index (κ2) is 11.3. The third-order valence-electron chi connectivity index (χ3n) is 6.94. The maximum absolute atomic E-state index is 11.5. The highest BCUT2D eigenvalue weighted by Crippen LogP contribution is 2.38. The largest absolute Gasteiger partial charge is 0.469 e. The molecule has 1 N–H and O–H groups in total. The van der Waals surface area contributed by atoms with E-state index in [0.717, 1.165) is 37.5 Å². The molecule has 6 atom stereocenters. The Morgan fingerprint density at radius 1 is 1.06 bits per heavy atom. The van der Waals surface area contributed by atoms with Crippen LogP contribution in [0.4, 0.5) is 0 Å².